The normalized spacial score (nSPS) is 9.86. The molecule has 0 aliphatic rings. The lowest BCUT2D eigenvalue weighted by Gasteiger charge is -2.07. The molecule has 0 spiro atoms. The average molecular weight is 194 g/mol. The van der Waals surface area contributed by atoms with E-state index in [1.807, 2.05) is 6.92 Å². The third-order valence-corrected chi connectivity index (χ3v) is 1.87. The molecule has 0 bridgehead atoms. The predicted molar refractivity (Wildman–Crippen MR) is 54.7 cm³/mol. The zero-order valence-corrected chi connectivity index (χ0v) is 8.37. The van der Waals surface area contributed by atoms with E-state index in [-0.39, 0.29) is 5.56 Å². The van der Waals surface area contributed by atoms with E-state index >= 15 is 0 Å². The molecule has 14 heavy (non-hydrogen) atoms. The number of carbonyl (C=O) groups is 1. The molecule has 1 heterocycles. The molecule has 0 saturated carbocycles. The van der Waals surface area contributed by atoms with Gasteiger partial charge >= 0.3 is 5.97 Å². The number of nitrogens with zero attached hydrogens (tertiary/aromatic N) is 1. The van der Waals surface area contributed by atoms with Crippen LogP contribution in [0, 0.1) is 6.92 Å². The van der Waals surface area contributed by atoms with Crippen LogP contribution < -0.4 is 5.32 Å². The molecular weight excluding hydrogens is 180 g/mol. The van der Waals surface area contributed by atoms with Crippen molar-refractivity contribution in [2.45, 2.75) is 20.3 Å². The minimum absolute atomic E-state index is 0.226. The monoisotopic (exact) mass is 194 g/mol. The van der Waals surface area contributed by atoms with Gasteiger partial charge in [0.05, 0.1) is 5.56 Å². The van der Waals surface area contributed by atoms with Crippen molar-refractivity contribution in [2.24, 2.45) is 0 Å². The maximum atomic E-state index is 10.6. The van der Waals surface area contributed by atoms with Crippen LogP contribution in [0.5, 0.6) is 0 Å². The topological polar surface area (TPSA) is 62.2 Å². The Kier molecular flexibility index (Phi) is 3.45. The third-order valence-electron chi connectivity index (χ3n) is 1.87. The molecule has 1 aromatic rings. The minimum Gasteiger partial charge on any atom is -0.478 e. The number of nitrogens with one attached hydrogen (secondary N) is 1. The van der Waals surface area contributed by atoms with E-state index in [4.69, 9.17) is 5.11 Å². The lowest BCUT2D eigenvalue weighted by Crippen LogP contribution is -2.06. The summed E-state index contributed by atoms with van der Waals surface area (Å²) >= 11 is 0. The number of anilines is 1. The summed E-state index contributed by atoms with van der Waals surface area (Å²) in [7, 11) is 0. The fraction of sp³-hybridized carbons (Fsp3) is 0.400. The summed E-state index contributed by atoms with van der Waals surface area (Å²) in [5, 5.41) is 11.8. The lowest BCUT2D eigenvalue weighted by molar-refractivity contribution is 0.0696. The second-order valence-corrected chi connectivity index (χ2v) is 3.12. The number of pyridine rings is 1. The second kappa shape index (κ2) is 4.60. The van der Waals surface area contributed by atoms with Crippen LogP contribution in [0.25, 0.3) is 0 Å². The number of aromatic nitrogens is 1. The molecule has 1 aromatic heterocycles. The zero-order valence-electron chi connectivity index (χ0n) is 8.37. The molecule has 0 radical (unpaired) electrons. The SMILES string of the molecule is CCCNc1ncc(C(=O)O)cc1C. The number of rotatable bonds is 4. The van der Waals surface area contributed by atoms with Crippen molar-refractivity contribution in [3.8, 4) is 0 Å². The highest BCUT2D eigenvalue weighted by molar-refractivity contribution is 5.87. The fourth-order valence-corrected chi connectivity index (χ4v) is 1.12. The fourth-order valence-electron chi connectivity index (χ4n) is 1.12. The van der Waals surface area contributed by atoms with Crippen molar-refractivity contribution in [3.05, 3.63) is 23.4 Å². The van der Waals surface area contributed by atoms with Gasteiger partial charge in [0.15, 0.2) is 0 Å². The first-order chi connectivity index (χ1) is 6.65. The van der Waals surface area contributed by atoms with Crippen LogP contribution in [0.4, 0.5) is 5.82 Å². The summed E-state index contributed by atoms with van der Waals surface area (Å²) in [5.74, 6) is -0.181. The van der Waals surface area contributed by atoms with Crippen LogP contribution in [-0.4, -0.2) is 22.6 Å². The number of hydrogen-bond acceptors (Lipinski definition) is 3. The third kappa shape index (κ3) is 2.45. The Balaban J connectivity index is 2.84. The van der Waals surface area contributed by atoms with Gasteiger partial charge in [-0.25, -0.2) is 9.78 Å². The van der Waals surface area contributed by atoms with Crippen molar-refractivity contribution in [1.82, 2.24) is 4.98 Å². The Morgan fingerprint density at radius 3 is 2.86 bits per heavy atom. The molecule has 0 unspecified atom stereocenters. The molecule has 2 N–H and O–H groups in total. The van der Waals surface area contributed by atoms with Gasteiger partial charge in [-0.3, -0.25) is 0 Å². The molecule has 0 saturated heterocycles. The van der Waals surface area contributed by atoms with E-state index in [1.165, 1.54) is 6.20 Å². The van der Waals surface area contributed by atoms with Crippen LogP contribution in [0.2, 0.25) is 0 Å². The molecule has 76 valence electrons. The van der Waals surface area contributed by atoms with Crippen LogP contribution >= 0.6 is 0 Å². The molecule has 4 nitrogen and oxygen atoms in total. The van der Waals surface area contributed by atoms with Gasteiger partial charge in [-0.2, -0.15) is 0 Å². The summed E-state index contributed by atoms with van der Waals surface area (Å²) in [6, 6.07) is 1.62. The molecular formula is C10H14N2O2. The van der Waals surface area contributed by atoms with E-state index in [9.17, 15) is 4.79 Å². The highest BCUT2D eigenvalue weighted by Gasteiger charge is 2.05. The number of hydrogen-bond donors (Lipinski definition) is 2. The Morgan fingerprint density at radius 2 is 2.36 bits per heavy atom. The molecule has 0 amide bonds. The van der Waals surface area contributed by atoms with Gasteiger partial charge in [0.25, 0.3) is 0 Å². The van der Waals surface area contributed by atoms with Gasteiger partial charge in [0.2, 0.25) is 0 Å². The van der Waals surface area contributed by atoms with E-state index in [0.717, 1.165) is 24.3 Å². The summed E-state index contributed by atoms with van der Waals surface area (Å²) in [5.41, 5.74) is 1.09. The van der Waals surface area contributed by atoms with Crippen molar-refractivity contribution in [1.29, 1.82) is 0 Å². The number of carboxylic acid groups (broad SMARTS) is 1. The molecule has 4 heteroatoms. The number of aromatic carboxylic acids is 1. The molecule has 0 fully saturated rings. The molecule has 0 aliphatic carbocycles. The van der Waals surface area contributed by atoms with E-state index in [0.29, 0.717) is 0 Å². The lowest BCUT2D eigenvalue weighted by atomic mass is 10.2. The van der Waals surface area contributed by atoms with E-state index < -0.39 is 5.97 Å². The average Bonchev–Trinajstić information content (AvgIpc) is 2.15. The molecule has 0 atom stereocenters. The first kappa shape index (κ1) is 10.5. The van der Waals surface area contributed by atoms with Crippen LogP contribution in [0.15, 0.2) is 12.3 Å². The molecule has 1 rings (SSSR count). The summed E-state index contributed by atoms with van der Waals surface area (Å²) in [4.78, 5) is 14.7. The first-order valence-corrected chi connectivity index (χ1v) is 4.59. The van der Waals surface area contributed by atoms with Crippen molar-refractivity contribution in [3.63, 3.8) is 0 Å². The predicted octanol–water partition coefficient (Wildman–Crippen LogP) is 1.91. The van der Waals surface area contributed by atoms with E-state index in [1.54, 1.807) is 6.07 Å². The zero-order chi connectivity index (χ0) is 10.6. The van der Waals surface area contributed by atoms with Crippen molar-refractivity contribution >= 4 is 11.8 Å². The van der Waals surface area contributed by atoms with Crippen molar-refractivity contribution < 1.29 is 9.90 Å². The largest absolute Gasteiger partial charge is 0.478 e. The van der Waals surface area contributed by atoms with Crippen LogP contribution in [0.1, 0.15) is 29.3 Å². The van der Waals surface area contributed by atoms with E-state index in [2.05, 4.69) is 17.2 Å². The minimum atomic E-state index is -0.942. The second-order valence-electron chi connectivity index (χ2n) is 3.12. The Hall–Kier alpha value is -1.58. The number of aryl methyl sites for hydroxylation is 1. The van der Waals surface area contributed by atoms with Gasteiger partial charge in [-0.15, -0.1) is 0 Å². The Bertz CT molecular complexity index is 337. The quantitative estimate of drug-likeness (QED) is 0.768. The Labute approximate surface area is 83.0 Å². The Morgan fingerprint density at radius 1 is 1.64 bits per heavy atom. The summed E-state index contributed by atoms with van der Waals surface area (Å²) < 4.78 is 0. The highest BCUT2D eigenvalue weighted by Crippen LogP contribution is 2.12. The van der Waals surface area contributed by atoms with Gasteiger partial charge in [0.1, 0.15) is 5.82 Å². The van der Waals surface area contributed by atoms with Gasteiger partial charge in [0, 0.05) is 12.7 Å². The molecule has 0 aromatic carbocycles. The highest BCUT2D eigenvalue weighted by atomic mass is 16.4. The smallest absolute Gasteiger partial charge is 0.337 e. The van der Waals surface area contributed by atoms with Gasteiger partial charge < -0.3 is 10.4 Å². The van der Waals surface area contributed by atoms with Gasteiger partial charge in [-0.05, 0) is 25.0 Å². The number of carboxylic acids is 1. The van der Waals surface area contributed by atoms with Crippen LogP contribution in [-0.2, 0) is 0 Å². The van der Waals surface area contributed by atoms with Crippen molar-refractivity contribution in [2.75, 3.05) is 11.9 Å². The standard InChI is InChI=1S/C10H14N2O2/c1-3-4-11-9-7(2)5-8(6-12-9)10(13)14/h5-6H,3-4H2,1-2H3,(H,11,12)(H,13,14). The first-order valence-electron chi connectivity index (χ1n) is 4.59. The maximum absolute atomic E-state index is 10.6. The maximum Gasteiger partial charge on any atom is 0.337 e. The van der Waals surface area contributed by atoms with Gasteiger partial charge in [-0.1, -0.05) is 6.92 Å². The summed E-state index contributed by atoms with van der Waals surface area (Å²) in [6.07, 6.45) is 2.38. The van der Waals surface area contributed by atoms with Crippen LogP contribution in [0.3, 0.4) is 0 Å². The summed E-state index contributed by atoms with van der Waals surface area (Å²) in [6.45, 7) is 4.76. The molecule has 0 aliphatic heterocycles.